The molecule has 2 rings (SSSR count). The first-order chi connectivity index (χ1) is 9.02. The second kappa shape index (κ2) is 6.04. The van der Waals surface area contributed by atoms with Gasteiger partial charge in [0.15, 0.2) is 5.82 Å². The summed E-state index contributed by atoms with van der Waals surface area (Å²) < 4.78 is 5.34. The number of rotatable bonds is 5. The molecule has 108 valence electrons. The van der Waals surface area contributed by atoms with Crippen molar-refractivity contribution in [3.8, 4) is 0 Å². The third-order valence-electron chi connectivity index (χ3n) is 4.35. The highest BCUT2D eigenvalue weighted by molar-refractivity contribution is 5.00. The maximum Gasteiger partial charge on any atom is 0.243 e. The lowest BCUT2D eigenvalue weighted by Gasteiger charge is -2.32. The number of hydrogen-bond donors (Lipinski definition) is 1. The fourth-order valence-corrected chi connectivity index (χ4v) is 2.77. The predicted molar refractivity (Wildman–Crippen MR) is 75.7 cm³/mol. The van der Waals surface area contributed by atoms with E-state index in [9.17, 15) is 0 Å². The van der Waals surface area contributed by atoms with E-state index < -0.39 is 0 Å². The van der Waals surface area contributed by atoms with Gasteiger partial charge in [-0.2, -0.15) is 4.98 Å². The van der Waals surface area contributed by atoms with E-state index in [1.807, 2.05) is 0 Å². The molecule has 0 spiro atoms. The van der Waals surface area contributed by atoms with Gasteiger partial charge in [-0.1, -0.05) is 38.8 Å². The number of nitrogens with two attached hydrogens (primary N) is 1. The molecule has 1 aromatic heterocycles. The first-order valence-electron chi connectivity index (χ1n) is 7.61. The third kappa shape index (κ3) is 3.78. The summed E-state index contributed by atoms with van der Waals surface area (Å²) in [6, 6.07) is -0.0961. The van der Waals surface area contributed by atoms with Crippen LogP contribution < -0.4 is 5.73 Å². The molecule has 0 aromatic carbocycles. The first kappa shape index (κ1) is 14.5. The Labute approximate surface area is 116 Å². The molecule has 0 bridgehead atoms. The number of nitrogens with zero attached hydrogens (tertiary/aromatic N) is 2. The third-order valence-corrected chi connectivity index (χ3v) is 4.35. The van der Waals surface area contributed by atoms with Crippen LogP contribution in [0.25, 0.3) is 0 Å². The van der Waals surface area contributed by atoms with Crippen LogP contribution in [0.2, 0.25) is 0 Å². The SMILES string of the molecule is CCCC[C@H](N)c1nc(C2CCC(C)(C)CC2)no1. The van der Waals surface area contributed by atoms with Crippen LogP contribution in [-0.4, -0.2) is 10.1 Å². The van der Waals surface area contributed by atoms with Gasteiger partial charge < -0.3 is 10.3 Å². The van der Waals surface area contributed by atoms with Gasteiger partial charge in [-0.05, 0) is 37.5 Å². The van der Waals surface area contributed by atoms with Crippen molar-refractivity contribution in [2.75, 3.05) is 0 Å². The van der Waals surface area contributed by atoms with Crippen LogP contribution in [0.1, 0.15) is 89.4 Å². The van der Waals surface area contributed by atoms with Crippen LogP contribution in [0.5, 0.6) is 0 Å². The molecule has 1 aliphatic carbocycles. The molecule has 1 fully saturated rings. The van der Waals surface area contributed by atoms with Crippen LogP contribution >= 0.6 is 0 Å². The summed E-state index contributed by atoms with van der Waals surface area (Å²) in [5.74, 6) is 1.95. The molecular weight excluding hydrogens is 238 g/mol. The van der Waals surface area contributed by atoms with Crippen LogP contribution in [0.3, 0.4) is 0 Å². The van der Waals surface area contributed by atoms with E-state index in [1.54, 1.807) is 0 Å². The lowest BCUT2D eigenvalue weighted by Crippen LogP contribution is -2.20. The monoisotopic (exact) mass is 265 g/mol. The Morgan fingerprint density at radius 3 is 2.68 bits per heavy atom. The summed E-state index contributed by atoms with van der Waals surface area (Å²) in [7, 11) is 0. The van der Waals surface area contributed by atoms with Crippen molar-refractivity contribution in [1.29, 1.82) is 0 Å². The lowest BCUT2D eigenvalue weighted by atomic mass is 9.73. The fraction of sp³-hybridized carbons (Fsp3) is 0.867. The minimum absolute atomic E-state index is 0.0961. The molecule has 0 radical (unpaired) electrons. The molecule has 1 atom stereocenters. The second-order valence-electron chi connectivity index (χ2n) is 6.68. The first-order valence-corrected chi connectivity index (χ1v) is 7.61. The van der Waals surface area contributed by atoms with Gasteiger partial charge in [-0.3, -0.25) is 0 Å². The molecule has 4 nitrogen and oxygen atoms in total. The van der Waals surface area contributed by atoms with Crippen molar-refractivity contribution in [1.82, 2.24) is 10.1 Å². The van der Waals surface area contributed by atoms with Crippen molar-refractivity contribution in [3.05, 3.63) is 11.7 Å². The van der Waals surface area contributed by atoms with Gasteiger partial charge in [0.05, 0.1) is 6.04 Å². The highest BCUT2D eigenvalue weighted by Crippen LogP contribution is 2.41. The van der Waals surface area contributed by atoms with Crippen molar-refractivity contribution < 1.29 is 4.52 Å². The van der Waals surface area contributed by atoms with E-state index in [2.05, 4.69) is 30.9 Å². The van der Waals surface area contributed by atoms with E-state index in [1.165, 1.54) is 12.8 Å². The Morgan fingerprint density at radius 1 is 1.37 bits per heavy atom. The molecule has 0 saturated heterocycles. The predicted octanol–water partition coefficient (Wildman–Crippen LogP) is 3.94. The van der Waals surface area contributed by atoms with Crippen molar-refractivity contribution >= 4 is 0 Å². The van der Waals surface area contributed by atoms with Gasteiger partial charge in [-0.25, -0.2) is 0 Å². The maximum absolute atomic E-state index is 6.07. The zero-order chi connectivity index (χ0) is 13.9. The molecule has 1 heterocycles. The van der Waals surface area contributed by atoms with Crippen molar-refractivity contribution in [2.45, 2.75) is 77.7 Å². The van der Waals surface area contributed by atoms with E-state index in [0.717, 1.165) is 37.9 Å². The summed E-state index contributed by atoms with van der Waals surface area (Å²) in [4.78, 5) is 4.53. The Morgan fingerprint density at radius 2 is 2.05 bits per heavy atom. The average Bonchev–Trinajstić information content (AvgIpc) is 2.85. The maximum atomic E-state index is 6.07. The van der Waals surface area contributed by atoms with Gasteiger partial charge >= 0.3 is 0 Å². The Kier molecular flexibility index (Phi) is 4.61. The minimum atomic E-state index is -0.0961. The van der Waals surface area contributed by atoms with Crippen LogP contribution in [0.4, 0.5) is 0 Å². The molecule has 4 heteroatoms. The minimum Gasteiger partial charge on any atom is -0.338 e. The molecule has 0 amide bonds. The summed E-state index contributed by atoms with van der Waals surface area (Å²) in [5.41, 5.74) is 6.54. The molecular formula is C15H27N3O. The molecule has 1 aromatic rings. The topological polar surface area (TPSA) is 64.9 Å². The number of hydrogen-bond acceptors (Lipinski definition) is 4. The Hall–Kier alpha value is -0.900. The summed E-state index contributed by atoms with van der Waals surface area (Å²) >= 11 is 0. The highest BCUT2D eigenvalue weighted by Gasteiger charge is 2.30. The largest absolute Gasteiger partial charge is 0.338 e. The molecule has 0 aliphatic heterocycles. The average molecular weight is 265 g/mol. The zero-order valence-corrected chi connectivity index (χ0v) is 12.5. The van der Waals surface area contributed by atoms with Gasteiger partial charge in [-0.15, -0.1) is 0 Å². The normalized spacial score (nSPS) is 21.5. The Bertz CT molecular complexity index is 390. The van der Waals surface area contributed by atoms with Crippen molar-refractivity contribution in [3.63, 3.8) is 0 Å². The van der Waals surface area contributed by atoms with Crippen molar-refractivity contribution in [2.24, 2.45) is 11.1 Å². The van der Waals surface area contributed by atoms with Gasteiger partial charge in [0.1, 0.15) is 0 Å². The van der Waals surface area contributed by atoms with Gasteiger partial charge in [0.2, 0.25) is 5.89 Å². The summed E-state index contributed by atoms with van der Waals surface area (Å²) in [6.45, 7) is 6.84. The van der Waals surface area contributed by atoms with E-state index in [4.69, 9.17) is 10.3 Å². The summed E-state index contributed by atoms with van der Waals surface area (Å²) in [6.07, 6.45) is 7.98. The number of aromatic nitrogens is 2. The van der Waals surface area contributed by atoms with Crippen LogP contribution in [0, 0.1) is 5.41 Å². The highest BCUT2D eigenvalue weighted by atomic mass is 16.5. The van der Waals surface area contributed by atoms with E-state index in [0.29, 0.717) is 17.2 Å². The summed E-state index contributed by atoms with van der Waals surface area (Å²) in [5, 5.41) is 4.15. The van der Waals surface area contributed by atoms with Gasteiger partial charge in [0, 0.05) is 5.92 Å². The Balaban J connectivity index is 1.94. The molecule has 2 N–H and O–H groups in total. The standard InChI is InChI=1S/C15H27N3O/c1-4-5-6-12(16)14-17-13(18-19-14)11-7-9-15(2,3)10-8-11/h11-12H,4-10,16H2,1-3H3/t12-/m0/s1. The smallest absolute Gasteiger partial charge is 0.243 e. The van der Waals surface area contributed by atoms with Crippen LogP contribution in [-0.2, 0) is 0 Å². The second-order valence-corrected chi connectivity index (χ2v) is 6.68. The van der Waals surface area contributed by atoms with Gasteiger partial charge in [0.25, 0.3) is 0 Å². The number of unbranched alkanes of at least 4 members (excludes halogenated alkanes) is 1. The van der Waals surface area contributed by atoms with E-state index >= 15 is 0 Å². The molecule has 0 unspecified atom stereocenters. The van der Waals surface area contributed by atoms with Crippen LogP contribution in [0.15, 0.2) is 4.52 Å². The van der Waals surface area contributed by atoms with E-state index in [-0.39, 0.29) is 6.04 Å². The molecule has 1 saturated carbocycles. The lowest BCUT2D eigenvalue weighted by molar-refractivity contribution is 0.218. The zero-order valence-electron chi connectivity index (χ0n) is 12.5. The molecule has 1 aliphatic rings. The fourth-order valence-electron chi connectivity index (χ4n) is 2.77. The molecule has 19 heavy (non-hydrogen) atoms. The quantitative estimate of drug-likeness (QED) is 0.875.